The lowest BCUT2D eigenvalue weighted by atomic mass is 10.0. The second kappa shape index (κ2) is 7.61. The summed E-state index contributed by atoms with van der Waals surface area (Å²) in [5, 5.41) is 5.63. The minimum atomic E-state index is -0.435. The fraction of sp³-hybridized carbons (Fsp3) is 0.529. The SMILES string of the molecule is O=C1CCCC(CNC(=O)c2cc(F)cc(N3CCOCC3)c2)N1. The van der Waals surface area contributed by atoms with Crippen molar-refractivity contribution < 1.29 is 18.7 Å². The van der Waals surface area contributed by atoms with E-state index < -0.39 is 5.82 Å². The first-order chi connectivity index (χ1) is 11.6. The van der Waals surface area contributed by atoms with Crippen LogP contribution < -0.4 is 15.5 Å². The molecule has 130 valence electrons. The molecule has 2 N–H and O–H groups in total. The Kier molecular flexibility index (Phi) is 5.30. The van der Waals surface area contributed by atoms with E-state index in [1.54, 1.807) is 6.07 Å². The Balaban J connectivity index is 1.63. The van der Waals surface area contributed by atoms with Gasteiger partial charge in [0.1, 0.15) is 5.82 Å². The van der Waals surface area contributed by atoms with Gasteiger partial charge in [-0.2, -0.15) is 0 Å². The van der Waals surface area contributed by atoms with Crippen LogP contribution in [0.4, 0.5) is 10.1 Å². The van der Waals surface area contributed by atoms with Crippen LogP contribution in [0.3, 0.4) is 0 Å². The molecule has 2 aliphatic rings. The van der Waals surface area contributed by atoms with Crippen molar-refractivity contribution in [3.63, 3.8) is 0 Å². The zero-order chi connectivity index (χ0) is 16.9. The van der Waals surface area contributed by atoms with Crippen LogP contribution in [0.1, 0.15) is 29.6 Å². The molecule has 0 saturated carbocycles. The van der Waals surface area contributed by atoms with E-state index in [9.17, 15) is 14.0 Å². The molecule has 24 heavy (non-hydrogen) atoms. The Morgan fingerprint density at radius 1 is 1.33 bits per heavy atom. The second-order valence-electron chi connectivity index (χ2n) is 6.16. The molecule has 0 radical (unpaired) electrons. The summed E-state index contributed by atoms with van der Waals surface area (Å²) < 4.78 is 19.2. The van der Waals surface area contributed by atoms with Gasteiger partial charge in [0.25, 0.3) is 5.91 Å². The molecular formula is C17H22FN3O3. The fourth-order valence-electron chi connectivity index (χ4n) is 3.06. The molecule has 1 aromatic rings. The summed E-state index contributed by atoms with van der Waals surface area (Å²) in [5.41, 5.74) is 0.980. The molecule has 0 aliphatic carbocycles. The van der Waals surface area contributed by atoms with Crippen LogP contribution in [0.2, 0.25) is 0 Å². The summed E-state index contributed by atoms with van der Waals surface area (Å²) >= 11 is 0. The molecule has 0 spiro atoms. The van der Waals surface area contributed by atoms with Crippen molar-refractivity contribution in [3.8, 4) is 0 Å². The number of nitrogens with one attached hydrogen (secondary N) is 2. The average molecular weight is 335 g/mol. The molecule has 0 aromatic heterocycles. The molecule has 1 unspecified atom stereocenters. The van der Waals surface area contributed by atoms with Gasteiger partial charge in [0.2, 0.25) is 5.91 Å². The van der Waals surface area contributed by atoms with E-state index in [1.165, 1.54) is 12.1 Å². The Labute approximate surface area is 140 Å². The van der Waals surface area contributed by atoms with Gasteiger partial charge in [-0.1, -0.05) is 0 Å². The Hall–Kier alpha value is -2.15. The average Bonchev–Trinajstić information content (AvgIpc) is 2.60. The quantitative estimate of drug-likeness (QED) is 0.863. The summed E-state index contributed by atoms with van der Waals surface area (Å²) in [5.74, 6) is -0.750. The van der Waals surface area contributed by atoms with Crippen LogP contribution in [0.5, 0.6) is 0 Å². The van der Waals surface area contributed by atoms with Crippen LogP contribution >= 0.6 is 0 Å². The van der Waals surface area contributed by atoms with Crippen LogP contribution in [-0.4, -0.2) is 50.7 Å². The molecule has 2 fully saturated rings. The number of rotatable bonds is 4. The number of amides is 2. The molecule has 7 heteroatoms. The number of morpholine rings is 1. The van der Waals surface area contributed by atoms with Gasteiger partial charge in [-0.25, -0.2) is 4.39 Å². The zero-order valence-electron chi connectivity index (χ0n) is 13.5. The molecule has 1 atom stereocenters. The van der Waals surface area contributed by atoms with Gasteiger partial charge in [-0.05, 0) is 31.0 Å². The highest BCUT2D eigenvalue weighted by atomic mass is 19.1. The lowest BCUT2D eigenvalue weighted by Gasteiger charge is -2.29. The lowest BCUT2D eigenvalue weighted by Crippen LogP contribution is -2.46. The number of nitrogens with zero attached hydrogens (tertiary/aromatic N) is 1. The van der Waals surface area contributed by atoms with Crippen molar-refractivity contribution in [2.24, 2.45) is 0 Å². The predicted molar refractivity (Wildman–Crippen MR) is 87.5 cm³/mol. The maximum absolute atomic E-state index is 13.9. The maximum atomic E-state index is 13.9. The Bertz CT molecular complexity index is 617. The summed E-state index contributed by atoms with van der Waals surface area (Å²) in [6.45, 7) is 2.91. The number of anilines is 1. The molecule has 1 aromatic carbocycles. The second-order valence-corrected chi connectivity index (χ2v) is 6.16. The van der Waals surface area contributed by atoms with E-state index >= 15 is 0 Å². The van der Waals surface area contributed by atoms with Gasteiger partial charge in [-0.3, -0.25) is 9.59 Å². The zero-order valence-corrected chi connectivity index (χ0v) is 13.5. The molecule has 3 rings (SSSR count). The van der Waals surface area contributed by atoms with Crippen LogP contribution in [0.15, 0.2) is 18.2 Å². The van der Waals surface area contributed by atoms with E-state index in [-0.39, 0.29) is 17.9 Å². The van der Waals surface area contributed by atoms with Crippen molar-refractivity contribution >= 4 is 17.5 Å². The van der Waals surface area contributed by atoms with Gasteiger partial charge in [-0.15, -0.1) is 0 Å². The van der Waals surface area contributed by atoms with Crippen molar-refractivity contribution in [1.82, 2.24) is 10.6 Å². The normalized spacial score (nSPS) is 21.3. The molecule has 2 saturated heterocycles. The summed E-state index contributed by atoms with van der Waals surface area (Å²) in [7, 11) is 0. The molecule has 0 bridgehead atoms. The summed E-state index contributed by atoms with van der Waals surface area (Å²) in [6.07, 6.45) is 2.21. The molecular weight excluding hydrogens is 313 g/mol. The Morgan fingerprint density at radius 2 is 2.12 bits per heavy atom. The number of hydrogen-bond acceptors (Lipinski definition) is 4. The van der Waals surface area contributed by atoms with E-state index in [2.05, 4.69) is 10.6 Å². The lowest BCUT2D eigenvalue weighted by molar-refractivity contribution is -0.123. The van der Waals surface area contributed by atoms with E-state index in [0.29, 0.717) is 50.5 Å². The number of hydrogen-bond donors (Lipinski definition) is 2. The number of benzene rings is 1. The molecule has 6 nitrogen and oxygen atoms in total. The van der Waals surface area contributed by atoms with Crippen molar-refractivity contribution in [2.75, 3.05) is 37.7 Å². The minimum Gasteiger partial charge on any atom is -0.378 e. The first-order valence-electron chi connectivity index (χ1n) is 8.32. The van der Waals surface area contributed by atoms with Gasteiger partial charge in [0.05, 0.1) is 13.2 Å². The first kappa shape index (κ1) is 16.7. The topological polar surface area (TPSA) is 70.7 Å². The number of piperidine rings is 1. The highest BCUT2D eigenvalue weighted by molar-refractivity contribution is 5.95. The van der Waals surface area contributed by atoms with E-state index in [4.69, 9.17) is 4.74 Å². The number of carbonyl (C=O) groups is 2. The minimum absolute atomic E-state index is 0.0147. The van der Waals surface area contributed by atoms with Crippen molar-refractivity contribution in [1.29, 1.82) is 0 Å². The highest BCUT2D eigenvalue weighted by Crippen LogP contribution is 2.20. The largest absolute Gasteiger partial charge is 0.378 e. The number of carbonyl (C=O) groups excluding carboxylic acids is 2. The molecule has 2 aliphatic heterocycles. The number of ether oxygens (including phenoxy) is 1. The van der Waals surface area contributed by atoms with Crippen molar-refractivity contribution in [3.05, 3.63) is 29.6 Å². The van der Waals surface area contributed by atoms with Gasteiger partial charge in [0.15, 0.2) is 0 Å². The van der Waals surface area contributed by atoms with Crippen LogP contribution in [0, 0.1) is 5.82 Å². The summed E-state index contributed by atoms with van der Waals surface area (Å²) in [4.78, 5) is 25.7. The van der Waals surface area contributed by atoms with Crippen LogP contribution in [0.25, 0.3) is 0 Å². The Morgan fingerprint density at radius 3 is 2.88 bits per heavy atom. The standard InChI is InChI=1S/C17H22FN3O3/c18-13-8-12(9-15(10-13)21-4-6-24-7-5-21)17(23)19-11-14-2-1-3-16(22)20-14/h8-10,14H,1-7,11H2,(H,19,23)(H,20,22). The van der Waals surface area contributed by atoms with Gasteiger partial charge >= 0.3 is 0 Å². The van der Waals surface area contributed by atoms with E-state index in [1.807, 2.05) is 4.90 Å². The first-order valence-corrected chi connectivity index (χ1v) is 8.32. The highest BCUT2D eigenvalue weighted by Gasteiger charge is 2.20. The number of halogens is 1. The fourth-order valence-corrected chi connectivity index (χ4v) is 3.06. The third kappa shape index (κ3) is 4.23. The molecule has 2 amide bonds. The smallest absolute Gasteiger partial charge is 0.251 e. The van der Waals surface area contributed by atoms with E-state index in [0.717, 1.165) is 12.8 Å². The monoisotopic (exact) mass is 335 g/mol. The third-order valence-electron chi connectivity index (χ3n) is 4.35. The summed E-state index contributed by atoms with van der Waals surface area (Å²) in [6, 6.07) is 4.31. The van der Waals surface area contributed by atoms with Crippen molar-refractivity contribution in [2.45, 2.75) is 25.3 Å². The van der Waals surface area contributed by atoms with Crippen LogP contribution in [-0.2, 0) is 9.53 Å². The molecule has 2 heterocycles. The van der Waals surface area contributed by atoms with Gasteiger partial charge in [0, 0.05) is 43.3 Å². The maximum Gasteiger partial charge on any atom is 0.251 e. The van der Waals surface area contributed by atoms with Gasteiger partial charge < -0.3 is 20.3 Å². The predicted octanol–water partition coefficient (Wildman–Crippen LogP) is 1.06. The third-order valence-corrected chi connectivity index (χ3v) is 4.35.